The van der Waals surface area contributed by atoms with Crippen LogP contribution in [0.2, 0.25) is 0 Å². The molecule has 1 nitrogen and oxygen atoms in total. The highest BCUT2D eigenvalue weighted by Crippen LogP contribution is 1.13. The highest BCUT2D eigenvalue weighted by atomic mass is 28.3. The third-order valence-electron chi connectivity index (χ3n) is 0.354. The zero-order chi connectivity index (χ0) is 3.41. The molecule has 0 aromatic rings. The first kappa shape index (κ1) is 4.46. The van der Waals surface area contributed by atoms with E-state index in [1.165, 1.54) is 10.4 Å². The Hall–Kier alpha value is 0.459. The van der Waals surface area contributed by atoms with Crippen molar-refractivity contribution >= 4 is 27.4 Å². The molecule has 0 aromatic heterocycles. The topological polar surface area (TPSA) is 12.0 Å². The van der Waals surface area contributed by atoms with Gasteiger partial charge in [0.15, 0.2) is 0 Å². The molecule has 0 radical (unpaired) electrons. The first-order valence-electron chi connectivity index (χ1n) is 1.56. The van der Waals surface area contributed by atoms with E-state index in [2.05, 4.69) is 12.1 Å². The van der Waals surface area contributed by atoms with Gasteiger partial charge in [-0.15, -0.1) is 0 Å². The van der Waals surface area contributed by atoms with Gasteiger partial charge in [0, 0.05) is 9.55 Å². The Kier molecular flexibility index (Phi) is 3.86. The van der Waals surface area contributed by atoms with Gasteiger partial charge in [0.1, 0.15) is 7.44 Å². The van der Waals surface area contributed by atoms with Crippen LogP contribution in [-0.2, 0) is 0 Å². The van der Waals surface area contributed by atoms with Crippen molar-refractivity contribution in [3.8, 4) is 0 Å². The van der Waals surface area contributed by atoms with Gasteiger partial charge in [-0.2, -0.15) is 0 Å². The van der Waals surface area contributed by atoms with Crippen molar-refractivity contribution in [2.45, 2.75) is 0 Å². The minimum absolute atomic E-state index is 0.236. The molecule has 1 N–H and O–H groups in total. The maximum absolute atomic E-state index is 3.21. The second-order valence-corrected chi connectivity index (χ2v) is 4.24. The predicted octanol–water partition coefficient (Wildman–Crippen LogP) is -3.51. The summed E-state index contributed by atoms with van der Waals surface area (Å²) < 4.78 is 3.21. The van der Waals surface area contributed by atoms with Crippen molar-refractivity contribution in [2.24, 2.45) is 0 Å². The Morgan fingerprint density at radius 1 is 2.00 bits per heavy atom. The molecule has 0 saturated carbocycles. The van der Waals surface area contributed by atoms with Crippen molar-refractivity contribution in [1.82, 2.24) is 4.65 Å². The van der Waals surface area contributed by atoms with Crippen LogP contribution >= 0.6 is 0 Å². The average Bonchev–Trinajstić information content (AvgIpc) is 1.37. The van der Waals surface area contributed by atoms with E-state index in [1.54, 1.807) is 0 Å². The molecule has 0 amide bonds. The second kappa shape index (κ2) is 3.46. The number of hydrogen-bond donors (Lipinski definition) is 1. The lowest BCUT2D eigenvalue weighted by Gasteiger charge is -1.74. The number of nitrogens with one attached hydrogen (secondary N) is 1. The maximum atomic E-state index is 3.21. The van der Waals surface area contributed by atoms with Gasteiger partial charge in [-0.1, -0.05) is 0 Å². The molecule has 0 unspecified atom stereocenters. The Labute approximate surface area is 32.9 Å². The molecular formula is H8BNSi2. The second-order valence-electron chi connectivity index (χ2n) is 0.707. The molecule has 0 atom stereocenters. The maximum Gasteiger partial charge on any atom is 0.107 e. The zero-order valence-corrected chi connectivity index (χ0v) is 6.62. The molecule has 4 heavy (non-hydrogen) atoms. The normalized spacial score (nSPS) is 11.0. The Balaban J connectivity index is 1.97. The average molecular weight is 89.1 g/mol. The van der Waals surface area contributed by atoms with Gasteiger partial charge < -0.3 is 4.65 Å². The van der Waals surface area contributed by atoms with Gasteiger partial charge in [0.05, 0.1) is 10.4 Å². The smallest absolute Gasteiger partial charge is 0.107 e. The van der Waals surface area contributed by atoms with E-state index in [1.807, 2.05) is 0 Å². The van der Waals surface area contributed by atoms with E-state index >= 15 is 0 Å². The van der Waals surface area contributed by atoms with Gasteiger partial charge in [-0.3, -0.25) is 0 Å². The van der Waals surface area contributed by atoms with Crippen LogP contribution in [0.3, 0.4) is 0 Å². The lowest BCUT2D eigenvalue weighted by molar-refractivity contribution is 1.67. The molecular weight excluding hydrogens is 81.0 g/mol. The molecule has 0 saturated heterocycles. The largest absolute Gasteiger partial charge is 0.377 e. The number of hydrogen-bond acceptors (Lipinski definition) is 1. The zero-order valence-electron chi connectivity index (χ0n) is 3.21. The SMILES string of the molecule is B[SiH2]N[SiH3]. The molecule has 0 heterocycles. The van der Waals surface area contributed by atoms with Crippen LogP contribution in [0.25, 0.3) is 0 Å². The predicted molar refractivity (Wildman–Crippen MR) is 30.2 cm³/mol. The summed E-state index contributed by atoms with van der Waals surface area (Å²) in [6.45, 7) is 0. The molecule has 0 bridgehead atoms. The van der Waals surface area contributed by atoms with Crippen LogP contribution in [0.1, 0.15) is 0 Å². The van der Waals surface area contributed by atoms with E-state index in [4.69, 9.17) is 0 Å². The Morgan fingerprint density at radius 2 is 2.25 bits per heavy atom. The summed E-state index contributed by atoms with van der Waals surface area (Å²) in [5.74, 6) is 0. The third-order valence-corrected chi connectivity index (χ3v) is 3.18. The third kappa shape index (κ3) is 2.46. The van der Waals surface area contributed by atoms with E-state index in [-0.39, 0.29) is 9.55 Å². The molecule has 0 fully saturated rings. The monoisotopic (exact) mass is 89.0 g/mol. The van der Waals surface area contributed by atoms with E-state index in [9.17, 15) is 0 Å². The lowest BCUT2D eigenvalue weighted by atomic mass is 10.8. The fourth-order valence-electron chi connectivity index (χ4n) is 0. The van der Waals surface area contributed by atoms with Gasteiger partial charge >= 0.3 is 0 Å². The summed E-state index contributed by atoms with van der Waals surface area (Å²) in [7, 11) is 3.68. The molecule has 0 spiro atoms. The molecule has 4 heteroatoms. The molecule has 0 aliphatic carbocycles. The summed E-state index contributed by atoms with van der Waals surface area (Å²) >= 11 is 0. The first-order valence-corrected chi connectivity index (χ1v) is 4.68. The fraction of sp³-hybridized carbons (Fsp3) is 0. The minimum Gasteiger partial charge on any atom is -0.377 e. The molecule has 0 aliphatic heterocycles. The van der Waals surface area contributed by atoms with E-state index < -0.39 is 0 Å². The van der Waals surface area contributed by atoms with Crippen LogP contribution in [0.4, 0.5) is 0 Å². The van der Waals surface area contributed by atoms with Crippen LogP contribution in [-0.4, -0.2) is 27.4 Å². The van der Waals surface area contributed by atoms with Crippen molar-refractivity contribution in [3.63, 3.8) is 0 Å². The van der Waals surface area contributed by atoms with Crippen molar-refractivity contribution in [1.29, 1.82) is 0 Å². The summed E-state index contributed by atoms with van der Waals surface area (Å²) in [4.78, 5) is 0. The van der Waals surface area contributed by atoms with E-state index in [0.717, 1.165) is 0 Å². The van der Waals surface area contributed by atoms with Crippen LogP contribution in [0, 0.1) is 0 Å². The highest BCUT2D eigenvalue weighted by Gasteiger charge is 1.55. The van der Waals surface area contributed by atoms with Gasteiger partial charge in [0.25, 0.3) is 0 Å². The molecule has 0 rings (SSSR count). The van der Waals surface area contributed by atoms with Gasteiger partial charge in [0.2, 0.25) is 0 Å². The van der Waals surface area contributed by atoms with Crippen LogP contribution in [0.5, 0.6) is 0 Å². The fourth-order valence-corrected chi connectivity index (χ4v) is 0. The first-order chi connectivity index (χ1) is 1.91. The minimum atomic E-state index is 0.236. The standard InChI is InChI=1S/BH8NSi2/c1-4-2-3/h2H,1,4H2,3H3. The van der Waals surface area contributed by atoms with Gasteiger partial charge in [-0.25, -0.2) is 0 Å². The van der Waals surface area contributed by atoms with E-state index in [0.29, 0.717) is 0 Å². The van der Waals surface area contributed by atoms with Crippen LogP contribution in [0.15, 0.2) is 0 Å². The van der Waals surface area contributed by atoms with Crippen molar-refractivity contribution in [3.05, 3.63) is 0 Å². The lowest BCUT2D eigenvalue weighted by Crippen LogP contribution is -2.13. The molecule has 0 aromatic carbocycles. The van der Waals surface area contributed by atoms with Crippen molar-refractivity contribution in [2.75, 3.05) is 0 Å². The van der Waals surface area contributed by atoms with Gasteiger partial charge in [-0.05, 0) is 0 Å². The van der Waals surface area contributed by atoms with Crippen molar-refractivity contribution < 1.29 is 0 Å². The number of rotatable bonds is 1. The molecule has 0 aliphatic rings. The summed E-state index contributed by atoms with van der Waals surface area (Å²) in [5, 5.41) is 0. The van der Waals surface area contributed by atoms with Crippen LogP contribution < -0.4 is 4.65 Å². The Bertz CT molecular complexity index is 8.00. The summed E-state index contributed by atoms with van der Waals surface area (Å²) in [5.41, 5.74) is 0. The highest BCUT2D eigenvalue weighted by molar-refractivity contribution is 6.89. The molecule has 24 valence electrons. The Morgan fingerprint density at radius 3 is 2.25 bits per heavy atom. The summed E-state index contributed by atoms with van der Waals surface area (Å²) in [6.07, 6.45) is 0. The summed E-state index contributed by atoms with van der Waals surface area (Å²) in [6, 6.07) is 0. The quantitative estimate of drug-likeness (QED) is 0.328.